The van der Waals surface area contributed by atoms with E-state index in [-0.39, 0.29) is 6.09 Å². The number of piperidine rings is 1. The van der Waals surface area contributed by atoms with E-state index >= 15 is 0 Å². The van der Waals surface area contributed by atoms with E-state index in [0.29, 0.717) is 43.5 Å². The number of fused-ring (bicyclic) bond motifs is 1. The molecule has 2 saturated heterocycles. The van der Waals surface area contributed by atoms with Gasteiger partial charge in [-0.2, -0.15) is 5.26 Å². The molecule has 1 aliphatic carbocycles. The lowest BCUT2D eigenvalue weighted by molar-refractivity contribution is -0.171. The van der Waals surface area contributed by atoms with Crippen LogP contribution in [0, 0.1) is 29.2 Å². The third kappa shape index (κ3) is 4.02. The maximum absolute atomic E-state index is 12.3. The molecular formula is C19H24N6O3. The summed E-state index contributed by atoms with van der Waals surface area (Å²) in [7, 11) is 0. The zero-order chi connectivity index (χ0) is 19.6. The first-order chi connectivity index (χ1) is 13.6. The normalized spacial score (nSPS) is 27.2. The highest BCUT2D eigenvalue weighted by molar-refractivity contribution is 5.94. The highest BCUT2D eigenvalue weighted by Gasteiger charge is 2.56. The van der Waals surface area contributed by atoms with Gasteiger partial charge in [-0.3, -0.25) is 15.3 Å². The Bertz CT molecular complexity index is 777. The molecule has 148 valence electrons. The number of ether oxygens (including phenoxy) is 2. The first-order valence-corrected chi connectivity index (χ1v) is 9.50. The molecule has 9 heteroatoms. The van der Waals surface area contributed by atoms with Gasteiger partial charge in [-0.05, 0) is 43.2 Å². The molecule has 2 N–H and O–H groups in total. The molecule has 3 atom stereocenters. The van der Waals surface area contributed by atoms with Crippen molar-refractivity contribution in [2.24, 2.45) is 22.7 Å². The van der Waals surface area contributed by atoms with Crippen molar-refractivity contribution in [3.8, 4) is 6.19 Å². The monoisotopic (exact) mass is 384 g/mol. The van der Waals surface area contributed by atoms with Gasteiger partial charge in [0.15, 0.2) is 11.8 Å². The van der Waals surface area contributed by atoms with Gasteiger partial charge >= 0.3 is 6.09 Å². The summed E-state index contributed by atoms with van der Waals surface area (Å²) in [5, 5.41) is 14.5. The van der Waals surface area contributed by atoms with E-state index in [0.717, 1.165) is 25.2 Å². The van der Waals surface area contributed by atoms with Gasteiger partial charge < -0.3 is 19.7 Å². The first-order valence-electron chi connectivity index (χ1n) is 9.50. The highest BCUT2D eigenvalue weighted by Crippen LogP contribution is 2.53. The zero-order valence-corrected chi connectivity index (χ0v) is 15.8. The van der Waals surface area contributed by atoms with Crippen LogP contribution in [0.3, 0.4) is 0 Å². The van der Waals surface area contributed by atoms with Crippen molar-refractivity contribution in [2.75, 3.05) is 38.2 Å². The summed E-state index contributed by atoms with van der Waals surface area (Å²) >= 11 is 0. The lowest BCUT2D eigenvalue weighted by atomic mass is 10.1. The fraction of sp³-hybridized carbons (Fsp3) is 0.579. The Labute approximate surface area is 163 Å². The number of anilines is 1. The summed E-state index contributed by atoms with van der Waals surface area (Å²) < 4.78 is 10.7. The van der Waals surface area contributed by atoms with Gasteiger partial charge in [0.25, 0.3) is 0 Å². The van der Waals surface area contributed by atoms with Crippen molar-refractivity contribution >= 4 is 17.7 Å². The minimum Gasteiger partial charge on any atom is -0.438 e. The molecule has 9 nitrogen and oxygen atoms in total. The largest absolute Gasteiger partial charge is 0.438 e. The lowest BCUT2D eigenvalue weighted by Crippen LogP contribution is -2.52. The minimum absolute atomic E-state index is 0.225. The number of pyridine rings is 1. The molecular weight excluding hydrogens is 360 g/mol. The second-order valence-electron chi connectivity index (χ2n) is 7.82. The molecule has 1 amide bonds. The van der Waals surface area contributed by atoms with Gasteiger partial charge in [-0.25, -0.2) is 4.79 Å². The lowest BCUT2D eigenvalue weighted by Gasteiger charge is -2.38. The molecule has 0 radical (unpaired) electrons. The number of carbonyl (C=O) groups excluding carboxylic acids is 1. The summed E-state index contributed by atoms with van der Waals surface area (Å²) in [6.45, 7) is 5.00. The molecule has 3 heterocycles. The number of aliphatic imine (C=N–C) groups is 1. The average molecular weight is 384 g/mol. The van der Waals surface area contributed by atoms with Crippen LogP contribution in [0.4, 0.5) is 10.5 Å². The zero-order valence-electron chi connectivity index (χ0n) is 15.8. The summed E-state index contributed by atoms with van der Waals surface area (Å²) in [4.78, 5) is 22.5. The van der Waals surface area contributed by atoms with E-state index in [9.17, 15) is 4.79 Å². The van der Waals surface area contributed by atoms with E-state index in [1.807, 2.05) is 30.1 Å². The SMILES string of the molecule is CC1(OC(=O)N2C[C@@H]3C(CCN=C(NC#N)Nc4ccncc4)[C@@H]3C2)COC1. The van der Waals surface area contributed by atoms with Crippen LogP contribution < -0.4 is 10.6 Å². The number of hydrogen-bond acceptors (Lipinski definition) is 6. The van der Waals surface area contributed by atoms with Gasteiger partial charge in [0.1, 0.15) is 0 Å². The number of hydrogen-bond donors (Lipinski definition) is 2. The van der Waals surface area contributed by atoms with Gasteiger partial charge in [0, 0.05) is 37.7 Å². The molecule has 28 heavy (non-hydrogen) atoms. The smallest absolute Gasteiger partial charge is 0.410 e. The number of amides is 1. The fourth-order valence-electron chi connectivity index (χ4n) is 4.01. The van der Waals surface area contributed by atoms with Crippen LogP contribution in [0.15, 0.2) is 29.5 Å². The Kier molecular flexibility index (Phi) is 5.05. The third-order valence-electron chi connectivity index (χ3n) is 5.63. The predicted octanol–water partition coefficient (Wildman–Crippen LogP) is 1.41. The molecule has 3 aliphatic rings. The molecule has 0 spiro atoms. The van der Waals surface area contributed by atoms with Crippen LogP contribution in [0.5, 0.6) is 0 Å². The van der Waals surface area contributed by atoms with Gasteiger partial charge in [0.2, 0.25) is 5.96 Å². The standard InChI is InChI=1S/C19H24N6O3/c1-19(10-27-11-19)28-18(26)25-8-15-14(16(15)9-25)4-7-22-17(23-12-20)24-13-2-5-21-6-3-13/h2-3,5-6,14-16H,4,7-11H2,1H3,(H2,21,22,23,24)/t14?,15-,16+. The number of likely N-dealkylation sites (tertiary alicyclic amines) is 1. The number of nitrogens with one attached hydrogen (secondary N) is 2. The molecule has 1 saturated carbocycles. The molecule has 4 rings (SSSR count). The van der Waals surface area contributed by atoms with Crippen LogP contribution in [0.25, 0.3) is 0 Å². The van der Waals surface area contributed by atoms with Crippen LogP contribution in [0.1, 0.15) is 13.3 Å². The quantitative estimate of drug-likeness (QED) is 0.342. The number of guanidine groups is 1. The highest BCUT2D eigenvalue weighted by atomic mass is 16.6. The topological polar surface area (TPSA) is 112 Å². The van der Waals surface area contributed by atoms with E-state index in [1.54, 1.807) is 12.4 Å². The summed E-state index contributed by atoms with van der Waals surface area (Å²) in [5.41, 5.74) is 0.365. The Morgan fingerprint density at radius 2 is 2.14 bits per heavy atom. The number of rotatable bonds is 5. The number of nitriles is 1. The van der Waals surface area contributed by atoms with E-state index in [2.05, 4.69) is 20.6 Å². The van der Waals surface area contributed by atoms with Crippen LogP contribution in [-0.2, 0) is 9.47 Å². The maximum atomic E-state index is 12.3. The molecule has 2 aliphatic heterocycles. The van der Waals surface area contributed by atoms with Crippen molar-refractivity contribution in [3.05, 3.63) is 24.5 Å². The molecule has 1 aromatic rings. The van der Waals surface area contributed by atoms with Crippen LogP contribution in [-0.4, -0.2) is 60.4 Å². The van der Waals surface area contributed by atoms with Crippen molar-refractivity contribution in [1.82, 2.24) is 15.2 Å². The van der Waals surface area contributed by atoms with E-state index in [1.165, 1.54) is 0 Å². The number of aromatic nitrogens is 1. The van der Waals surface area contributed by atoms with E-state index in [4.69, 9.17) is 14.7 Å². The van der Waals surface area contributed by atoms with Gasteiger partial charge in [0.05, 0.1) is 13.2 Å². The van der Waals surface area contributed by atoms with Crippen LogP contribution >= 0.6 is 0 Å². The second kappa shape index (κ2) is 7.64. The van der Waals surface area contributed by atoms with Crippen molar-refractivity contribution < 1.29 is 14.3 Å². The molecule has 1 aromatic heterocycles. The maximum Gasteiger partial charge on any atom is 0.410 e. The van der Waals surface area contributed by atoms with Crippen molar-refractivity contribution in [2.45, 2.75) is 18.9 Å². The molecule has 0 aromatic carbocycles. The van der Waals surface area contributed by atoms with Gasteiger partial charge in [-0.15, -0.1) is 0 Å². The molecule has 3 fully saturated rings. The summed E-state index contributed by atoms with van der Waals surface area (Å²) in [6, 6.07) is 3.62. The first kappa shape index (κ1) is 18.5. The number of carbonyl (C=O) groups is 1. The van der Waals surface area contributed by atoms with Gasteiger partial charge in [-0.1, -0.05) is 0 Å². The third-order valence-corrected chi connectivity index (χ3v) is 5.63. The Morgan fingerprint density at radius 3 is 2.75 bits per heavy atom. The van der Waals surface area contributed by atoms with Crippen LogP contribution in [0.2, 0.25) is 0 Å². The Morgan fingerprint density at radius 1 is 1.43 bits per heavy atom. The minimum atomic E-state index is -0.454. The van der Waals surface area contributed by atoms with Crippen molar-refractivity contribution in [3.63, 3.8) is 0 Å². The Balaban J connectivity index is 1.21. The predicted molar refractivity (Wildman–Crippen MR) is 101 cm³/mol. The number of nitrogens with zero attached hydrogens (tertiary/aromatic N) is 4. The molecule has 0 bridgehead atoms. The average Bonchev–Trinajstić information content (AvgIpc) is 3.10. The summed E-state index contributed by atoms with van der Waals surface area (Å²) in [5.74, 6) is 2.09. The summed E-state index contributed by atoms with van der Waals surface area (Å²) in [6.07, 6.45) is 5.97. The van der Waals surface area contributed by atoms with E-state index < -0.39 is 5.60 Å². The fourth-order valence-corrected chi connectivity index (χ4v) is 4.01. The Hall–Kier alpha value is -2.86. The van der Waals surface area contributed by atoms with Crippen molar-refractivity contribution in [1.29, 1.82) is 5.26 Å². The molecule has 1 unspecified atom stereocenters. The second-order valence-corrected chi connectivity index (χ2v) is 7.82.